The quantitative estimate of drug-likeness (QED) is 0.628. The number of nitrogens with one attached hydrogen (secondary N) is 1. The standard InChI is InChI=1S/C15H20N4O2/c1-12(2)7-16-8-14-9-17-18(11-14)10-13-3-5-15(6-4-13)19(20)21/h3-6,9,11-12,16H,7-8,10H2,1-2H3. The monoisotopic (exact) mass is 288 g/mol. The summed E-state index contributed by atoms with van der Waals surface area (Å²) in [6.07, 6.45) is 3.84. The minimum absolute atomic E-state index is 0.109. The van der Waals surface area contributed by atoms with E-state index in [0.29, 0.717) is 12.5 Å². The van der Waals surface area contributed by atoms with Crippen LogP contribution >= 0.6 is 0 Å². The van der Waals surface area contributed by atoms with Crippen LogP contribution in [0.15, 0.2) is 36.7 Å². The molecule has 0 radical (unpaired) electrons. The molecule has 1 aromatic heterocycles. The van der Waals surface area contributed by atoms with E-state index in [1.54, 1.807) is 12.1 Å². The Kier molecular flexibility index (Phi) is 5.05. The Bertz CT molecular complexity index is 590. The van der Waals surface area contributed by atoms with Gasteiger partial charge < -0.3 is 5.32 Å². The van der Waals surface area contributed by atoms with Gasteiger partial charge in [0.2, 0.25) is 0 Å². The van der Waals surface area contributed by atoms with Gasteiger partial charge in [0.1, 0.15) is 0 Å². The fourth-order valence-corrected chi connectivity index (χ4v) is 2.00. The van der Waals surface area contributed by atoms with E-state index in [-0.39, 0.29) is 5.69 Å². The molecule has 0 aliphatic heterocycles. The van der Waals surface area contributed by atoms with Crippen LogP contribution in [0.4, 0.5) is 5.69 Å². The Labute approximate surface area is 123 Å². The molecule has 6 nitrogen and oxygen atoms in total. The number of hydrogen-bond donors (Lipinski definition) is 1. The zero-order valence-electron chi connectivity index (χ0n) is 12.3. The van der Waals surface area contributed by atoms with Gasteiger partial charge in [-0.15, -0.1) is 0 Å². The third-order valence-corrected chi connectivity index (χ3v) is 3.06. The first-order chi connectivity index (χ1) is 10.0. The molecule has 1 heterocycles. The minimum atomic E-state index is -0.393. The first kappa shape index (κ1) is 15.2. The molecule has 6 heteroatoms. The molecule has 1 N–H and O–H groups in total. The normalized spacial score (nSPS) is 11.0. The van der Waals surface area contributed by atoms with Crippen molar-refractivity contribution in [2.45, 2.75) is 26.9 Å². The van der Waals surface area contributed by atoms with E-state index in [9.17, 15) is 10.1 Å². The summed E-state index contributed by atoms with van der Waals surface area (Å²) in [6.45, 7) is 6.74. The van der Waals surface area contributed by atoms with Gasteiger partial charge in [-0.05, 0) is 18.0 Å². The second-order valence-electron chi connectivity index (χ2n) is 5.49. The van der Waals surface area contributed by atoms with Gasteiger partial charge in [-0.1, -0.05) is 26.0 Å². The molecule has 0 atom stereocenters. The molecule has 0 aliphatic carbocycles. The Morgan fingerprint density at radius 3 is 2.62 bits per heavy atom. The van der Waals surface area contributed by atoms with Crippen LogP contribution in [-0.2, 0) is 13.1 Å². The van der Waals surface area contributed by atoms with Gasteiger partial charge >= 0.3 is 0 Å². The minimum Gasteiger partial charge on any atom is -0.312 e. The topological polar surface area (TPSA) is 73.0 Å². The summed E-state index contributed by atoms with van der Waals surface area (Å²) >= 11 is 0. The average Bonchev–Trinajstić information content (AvgIpc) is 2.86. The lowest BCUT2D eigenvalue weighted by Gasteiger charge is -2.05. The molecular weight excluding hydrogens is 268 g/mol. The maximum Gasteiger partial charge on any atom is 0.269 e. The fourth-order valence-electron chi connectivity index (χ4n) is 2.00. The molecule has 2 rings (SSSR count). The Morgan fingerprint density at radius 1 is 1.29 bits per heavy atom. The van der Waals surface area contributed by atoms with Crippen molar-refractivity contribution in [1.29, 1.82) is 0 Å². The van der Waals surface area contributed by atoms with Crippen LogP contribution in [0.5, 0.6) is 0 Å². The lowest BCUT2D eigenvalue weighted by atomic mass is 10.2. The second-order valence-corrected chi connectivity index (χ2v) is 5.49. The molecule has 0 saturated heterocycles. The highest BCUT2D eigenvalue weighted by molar-refractivity contribution is 5.32. The van der Waals surface area contributed by atoms with Gasteiger partial charge in [-0.25, -0.2) is 0 Å². The zero-order valence-corrected chi connectivity index (χ0v) is 12.3. The molecule has 0 bridgehead atoms. The van der Waals surface area contributed by atoms with E-state index in [0.717, 1.165) is 24.2 Å². The number of nitrogens with zero attached hydrogens (tertiary/aromatic N) is 3. The first-order valence-electron chi connectivity index (χ1n) is 7.00. The summed E-state index contributed by atoms with van der Waals surface area (Å²) in [5.41, 5.74) is 2.24. The van der Waals surface area contributed by atoms with Crippen LogP contribution in [0.25, 0.3) is 0 Å². The molecular formula is C15H20N4O2. The molecule has 2 aromatic rings. The second kappa shape index (κ2) is 6.99. The molecule has 0 amide bonds. The predicted molar refractivity (Wildman–Crippen MR) is 81.0 cm³/mol. The number of non-ortho nitro benzene ring substituents is 1. The number of rotatable bonds is 7. The Balaban J connectivity index is 1.91. The van der Waals surface area contributed by atoms with E-state index < -0.39 is 4.92 Å². The third-order valence-electron chi connectivity index (χ3n) is 3.06. The number of benzene rings is 1. The predicted octanol–water partition coefficient (Wildman–Crippen LogP) is 2.59. The molecule has 112 valence electrons. The maximum absolute atomic E-state index is 10.6. The van der Waals surface area contributed by atoms with Gasteiger partial charge in [0, 0.05) is 30.4 Å². The van der Waals surface area contributed by atoms with Crippen molar-refractivity contribution in [1.82, 2.24) is 15.1 Å². The molecule has 0 unspecified atom stereocenters. The van der Waals surface area contributed by atoms with Crippen LogP contribution < -0.4 is 5.32 Å². The Morgan fingerprint density at radius 2 is 2.00 bits per heavy atom. The van der Waals surface area contributed by atoms with Crippen molar-refractivity contribution < 1.29 is 4.92 Å². The van der Waals surface area contributed by atoms with E-state index in [1.807, 2.05) is 17.1 Å². The summed E-state index contributed by atoms with van der Waals surface area (Å²) in [7, 11) is 0. The largest absolute Gasteiger partial charge is 0.312 e. The number of aromatic nitrogens is 2. The molecule has 0 spiro atoms. The average molecular weight is 288 g/mol. The number of hydrogen-bond acceptors (Lipinski definition) is 4. The van der Waals surface area contributed by atoms with Crippen molar-refractivity contribution in [3.63, 3.8) is 0 Å². The molecule has 21 heavy (non-hydrogen) atoms. The van der Waals surface area contributed by atoms with Gasteiger partial charge in [0.15, 0.2) is 0 Å². The van der Waals surface area contributed by atoms with Gasteiger partial charge in [-0.3, -0.25) is 14.8 Å². The van der Waals surface area contributed by atoms with Crippen LogP contribution in [0, 0.1) is 16.0 Å². The summed E-state index contributed by atoms with van der Waals surface area (Å²) < 4.78 is 1.84. The first-order valence-corrected chi connectivity index (χ1v) is 7.00. The molecule has 0 saturated carbocycles. The van der Waals surface area contributed by atoms with E-state index in [4.69, 9.17) is 0 Å². The highest BCUT2D eigenvalue weighted by Crippen LogP contribution is 2.12. The van der Waals surface area contributed by atoms with Crippen LogP contribution in [-0.4, -0.2) is 21.2 Å². The highest BCUT2D eigenvalue weighted by atomic mass is 16.6. The van der Waals surface area contributed by atoms with E-state index in [1.165, 1.54) is 12.1 Å². The lowest BCUT2D eigenvalue weighted by Crippen LogP contribution is -2.18. The van der Waals surface area contributed by atoms with Crippen molar-refractivity contribution >= 4 is 5.69 Å². The summed E-state index contributed by atoms with van der Waals surface area (Å²) in [6, 6.07) is 6.56. The van der Waals surface area contributed by atoms with Crippen LogP contribution in [0.2, 0.25) is 0 Å². The van der Waals surface area contributed by atoms with Gasteiger partial charge in [-0.2, -0.15) is 5.10 Å². The number of nitro groups is 1. The smallest absolute Gasteiger partial charge is 0.269 e. The Hall–Kier alpha value is -2.21. The summed E-state index contributed by atoms with van der Waals surface area (Å²) in [5, 5.41) is 18.3. The SMILES string of the molecule is CC(C)CNCc1cnn(Cc2ccc([N+](=O)[O-])cc2)c1. The lowest BCUT2D eigenvalue weighted by molar-refractivity contribution is -0.384. The van der Waals surface area contributed by atoms with E-state index >= 15 is 0 Å². The van der Waals surface area contributed by atoms with E-state index in [2.05, 4.69) is 24.3 Å². The highest BCUT2D eigenvalue weighted by Gasteiger charge is 2.05. The van der Waals surface area contributed by atoms with Gasteiger partial charge in [0.25, 0.3) is 5.69 Å². The van der Waals surface area contributed by atoms with Crippen molar-refractivity contribution in [2.75, 3.05) is 6.54 Å². The molecule has 1 aromatic carbocycles. The van der Waals surface area contributed by atoms with Crippen LogP contribution in [0.1, 0.15) is 25.0 Å². The van der Waals surface area contributed by atoms with Crippen LogP contribution in [0.3, 0.4) is 0 Å². The number of nitro benzene ring substituents is 1. The van der Waals surface area contributed by atoms with Crippen molar-refractivity contribution in [2.24, 2.45) is 5.92 Å². The molecule has 0 aliphatic rings. The third kappa shape index (κ3) is 4.68. The maximum atomic E-state index is 10.6. The van der Waals surface area contributed by atoms with Crippen molar-refractivity contribution in [3.8, 4) is 0 Å². The summed E-state index contributed by atoms with van der Waals surface area (Å²) in [4.78, 5) is 10.2. The van der Waals surface area contributed by atoms with Gasteiger partial charge in [0.05, 0.1) is 17.7 Å². The molecule has 0 fully saturated rings. The zero-order chi connectivity index (χ0) is 15.2. The summed E-state index contributed by atoms with van der Waals surface area (Å²) in [5.74, 6) is 0.625. The van der Waals surface area contributed by atoms with Crippen molar-refractivity contribution in [3.05, 3.63) is 57.9 Å². The fraction of sp³-hybridized carbons (Fsp3) is 0.400.